The van der Waals surface area contributed by atoms with Crippen molar-refractivity contribution in [1.82, 2.24) is 0 Å². The van der Waals surface area contributed by atoms with Crippen LogP contribution in [0.3, 0.4) is 0 Å². The van der Waals surface area contributed by atoms with Crippen LogP contribution in [0.4, 0.5) is 0 Å². The second-order valence-electron chi connectivity index (χ2n) is 20.8. The van der Waals surface area contributed by atoms with E-state index in [4.69, 9.17) is 14.2 Å². The molecule has 0 amide bonds. The number of esters is 3. The second kappa shape index (κ2) is 51.8. The summed E-state index contributed by atoms with van der Waals surface area (Å²) in [5, 5.41) is 0. The maximum absolute atomic E-state index is 12.8. The molecule has 0 fully saturated rings. The van der Waals surface area contributed by atoms with Crippen LogP contribution in [-0.4, -0.2) is 37.2 Å². The van der Waals surface area contributed by atoms with Gasteiger partial charge in [0.25, 0.3) is 0 Å². The van der Waals surface area contributed by atoms with Gasteiger partial charge in [0.15, 0.2) is 6.10 Å². The van der Waals surface area contributed by atoms with Crippen molar-refractivity contribution in [2.45, 2.75) is 336 Å². The Labute approximate surface area is 406 Å². The first-order valence-electron chi connectivity index (χ1n) is 29.3. The highest BCUT2D eigenvalue weighted by molar-refractivity contribution is 5.71. The van der Waals surface area contributed by atoms with Crippen LogP contribution in [0, 0.1) is 11.8 Å². The van der Waals surface area contributed by atoms with E-state index >= 15 is 0 Å². The molecule has 0 radical (unpaired) electrons. The molecule has 0 aromatic rings. The molecule has 0 bridgehead atoms. The fraction of sp³-hybridized carbons (Fsp3) is 0.949. The van der Waals surface area contributed by atoms with E-state index in [1.54, 1.807) is 0 Å². The van der Waals surface area contributed by atoms with Gasteiger partial charge < -0.3 is 14.2 Å². The SMILES string of the molecule is CCCCCCCCCCCCCCCCCCCCCC(=O)OC[C@@H](COC(=O)CCCCCCCCCCCCCCCCC(C)CC)OC(=O)CCCCCCCCC(C)CC. The molecule has 0 N–H and O–H groups in total. The summed E-state index contributed by atoms with van der Waals surface area (Å²) in [4.78, 5) is 38.1. The third-order valence-corrected chi connectivity index (χ3v) is 14.2. The summed E-state index contributed by atoms with van der Waals surface area (Å²) in [6.07, 6.45) is 55.3. The van der Waals surface area contributed by atoms with Crippen LogP contribution in [0.5, 0.6) is 0 Å². The highest BCUT2D eigenvalue weighted by Gasteiger charge is 2.19. The number of hydrogen-bond acceptors (Lipinski definition) is 6. The standard InChI is InChI=1S/C59H114O6/c1-6-9-10-11-12-13-14-15-16-17-18-19-20-24-27-30-33-39-44-49-57(60)63-52-56(65-59(62)51-46-41-36-35-38-43-48-55(5)8-3)53-64-58(61)50-45-40-34-31-28-25-22-21-23-26-29-32-37-42-47-54(4)7-2/h54-56H,6-53H2,1-5H3/t54?,55?,56-/m0/s1. The molecule has 0 saturated heterocycles. The van der Waals surface area contributed by atoms with Crippen molar-refractivity contribution in [3.05, 3.63) is 0 Å². The minimum absolute atomic E-state index is 0.0638. The Bertz CT molecular complexity index is 997. The average Bonchev–Trinajstić information content (AvgIpc) is 3.30. The number of carbonyl (C=O) groups excluding carboxylic acids is 3. The van der Waals surface area contributed by atoms with E-state index in [1.807, 2.05) is 0 Å². The van der Waals surface area contributed by atoms with Crippen molar-refractivity contribution in [3.63, 3.8) is 0 Å². The minimum atomic E-state index is -0.763. The van der Waals surface area contributed by atoms with Crippen molar-refractivity contribution in [3.8, 4) is 0 Å². The van der Waals surface area contributed by atoms with E-state index in [-0.39, 0.29) is 31.1 Å². The van der Waals surface area contributed by atoms with E-state index < -0.39 is 6.10 Å². The van der Waals surface area contributed by atoms with Gasteiger partial charge in [0.05, 0.1) is 0 Å². The molecule has 0 heterocycles. The lowest BCUT2D eigenvalue weighted by Gasteiger charge is -2.18. The number of rotatable bonds is 53. The molecule has 65 heavy (non-hydrogen) atoms. The molecular formula is C59H114O6. The van der Waals surface area contributed by atoms with E-state index in [0.717, 1.165) is 69.6 Å². The van der Waals surface area contributed by atoms with Crippen molar-refractivity contribution < 1.29 is 28.6 Å². The van der Waals surface area contributed by atoms with Crippen LogP contribution in [0.1, 0.15) is 330 Å². The molecule has 0 rings (SSSR count). The molecule has 3 atom stereocenters. The summed E-state index contributed by atoms with van der Waals surface area (Å²) in [5.74, 6) is 0.862. The predicted octanol–water partition coefficient (Wildman–Crippen LogP) is 19.3. The molecule has 0 aliphatic rings. The number of carbonyl (C=O) groups is 3. The molecule has 0 aromatic carbocycles. The lowest BCUT2D eigenvalue weighted by molar-refractivity contribution is -0.167. The third-order valence-electron chi connectivity index (χ3n) is 14.2. The summed E-state index contributed by atoms with van der Waals surface area (Å²) in [6, 6.07) is 0. The Morgan fingerprint density at radius 3 is 0.800 bits per heavy atom. The first-order chi connectivity index (χ1) is 31.8. The first kappa shape index (κ1) is 63.4. The molecule has 0 saturated carbocycles. The van der Waals surface area contributed by atoms with Gasteiger partial charge in [-0.25, -0.2) is 0 Å². The maximum Gasteiger partial charge on any atom is 0.306 e. The predicted molar refractivity (Wildman–Crippen MR) is 280 cm³/mol. The zero-order valence-corrected chi connectivity index (χ0v) is 44.6. The number of hydrogen-bond donors (Lipinski definition) is 0. The van der Waals surface area contributed by atoms with Crippen molar-refractivity contribution >= 4 is 17.9 Å². The van der Waals surface area contributed by atoms with Crippen molar-refractivity contribution in [1.29, 1.82) is 0 Å². The second-order valence-corrected chi connectivity index (χ2v) is 20.8. The summed E-state index contributed by atoms with van der Waals surface area (Å²) < 4.78 is 16.9. The lowest BCUT2D eigenvalue weighted by atomic mass is 9.99. The maximum atomic E-state index is 12.8. The fourth-order valence-corrected chi connectivity index (χ4v) is 8.99. The van der Waals surface area contributed by atoms with Gasteiger partial charge in [0.2, 0.25) is 0 Å². The van der Waals surface area contributed by atoms with Gasteiger partial charge in [-0.1, -0.05) is 291 Å². The van der Waals surface area contributed by atoms with Crippen LogP contribution in [0.15, 0.2) is 0 Å². The first-order valence-corrected chi connectivity index (χ1v) is 29.3. The fourth-order valence-electron chi connectivity index (χ4n) is 8.99. The van der Waals surface area contributed by atoms with Gasteiger partial charge in [-0.05, 0) is 31.1 Å². The van der Waals surface area contributed by atoms with E-state index in [1.165, 1.54) is 218 Å². The largest absolute Gasteiger partial charge is 0.462 e. The van der Waals surface area contributed by atoms with E-state index in [2.05, 4.69) is 34.6 Å². The minimum Gasteiger partial charge on any atom is -0.462 e. The van der Waals surface area contributed by atoms with Crippen LogP contribution in [-0.2, 0) is 28.6 Å². The quantitative estimate of drug-likeness (QED) is 0.0344. The zero-order chi connectivity index (χ0) is 47.5. The lowest BCUT2D eigenvalue weighted by Crippen LogP contribution is -2.30. The van der Waals surface area contributed by atoms with Crippen molar-refractivity contribution in [2.24, 2.45) is 11.8 Å². The molecule has 386 valence electrons. The Hall–Kier alpha value is -1.59. The van der Waals surface area contributed by atoms with Crippen molar-refractivity contribution in [2.75, 3.05) is 13.2 Å². The molecule has 6 nitrogen and oxygen atoms in total. The smallest absolute Gasteiger partial charge is 0.306 e. The third kappa shape index (κ3) is 50.1. The summed E-state index contributed by atoms with van der Waals surface area (Å²) in [5.41, 5.74) is 0. The molecular weight excluding hydrogens is 805 g/mol. The number of ether oxygens (including phenoxy) is 3. The normalized spacial score (nSPS) is 12.9. The summed E-state index contributed by atoms with van der Waals surface area (Å²) in [6.45, 7) is 11.4. The Kier molecular flexibility index (Phi) is 50.5. The molecule has 0 spiro atoms. The van der Waals surface area contributed by atoms with Gasteiger partial charge in [-0.15, -0.1) is 0 Å². The summed E-state index contributed by atoms with van der Waals surface area (Å²) in [7, 11) is 0. The highest BCUT2D eigenvalue weighted by atomic mass is 16.6. The molecule has 0 aliphatic carbocycles. The average molecular weight is 920 g/mol. The van der Waals surface area contributed by atoms with Gasteiger partial charge in [-0.2, -0.15) is 0 Å². The summed E-state index contributed by atoms with van der Waals surface area (Å²) >= 11 is 0. The molecule has 6 heteroatoms. The number of unbranched alkanes of at least 4 members (excludes halogenated alkanes) is 36. The molecule has 2 unspecified atom stereocenters. The van der Waals surface area contributed by atoms with Crippen LogP contribution in [0.25, 0.3) is 0 Å². The highest BCUT2D eigenvalue weighted by Crippen LogP contribution is 2.19. The van der Waals surface area contributed by atoms with Gasteiger partial charge in [0, 0.05) is 19.3 Å². The Morgan fingerprint density at radius 2 is 0.538 bits per heavy atom. The van der Waals surface area contributed by atoms with Crippen LogP contribution < -0.4 is 0 Å². The van der Waals surface area contributed by atoms with Crippen LogP contribution >= 0.6 is 0 Å². The Morgan fingerprint density at radius 1 is 0.308 bits per heavy atom. The van der Waals surface area contributed by atoms with Gasteiger partial charge >= 0.3 is 17.9 Å². The van der Waals surface area contributed by atoms with E-state index in [0.29, 0.717) is 19.3 Å². The van der Waals surface area contributed by atoms with Gasteiger partial charge in [-0.3, -0.25) is 14.4 Å². The molecule has 0 aromatic heterocycles. The zero-order valence-electron chi connectivity index (χ0n) is 44.6. The van der Waals surface area contributed by atoms with Crippen LogP contribution in [0.2, 0.25) is 0 Å². The Balaban J connectivity index is 4.21. The topological polar surface area (TPSA) is 78.9 Å². The monoisotopic (exact) mass is 919 g/mol. The van der Waals surface area contributed by atoms with Gasteiger partial charge in [0.1, 0.15) is 13.2 Å². The van der Waals surface area contributed by atoms with E-state index in [9.17, 15) is 14.4 Å². The molecule has 0 aliphatic heterocycles.